The fourth-order valence-corrected chi connectivity index (χ4v) is 4.09. The van der Waals surface area contributed by atoms with Crippen LogP contribution in [-0.4, -0.2) is 15.9 Å². The molecule has 0 bridgehead atoms. The quantitative estimate of drug-likeness (QED) is 0.397. The Labute approximate surface area is 162 Å². The molecule has 0 aliphatic heterocycles. The SMILES string of the molecule is Cc1c(C(=O)OCc2ccccc2)[nH]c2cc3c([nH]c4ccccc43)c(C)c12. The van der Waals surface area contributed by atoms with Gasteiger partial charge in [-0.3, -0.25) is 0 Å². The molecule has 0 fully saturated rings. The van der Waals surface area contributed by atoms with E-state index in [-0.39, 0.29) is 12.6 Å². The molecule has 0 aliphatic carbocycles. The van der Waals surface area contributed by atoms with Crippen LogP contribution in [0.15, 0.2) is 60.7 Å². The Morgan fingerprint density at radius 3 is 2.43 bits per heavy atom. The van der Waals surface area contributed by atoms with E-state index in [2.05, 4.69) is 35.1 Å². The lowest BCUT2D eigenvalue weighted by molar-refractivity contribution is 0.0466. The van der Waals surface area contributed by atoms with Crippen molar-refractivity contribution in [2.24, 2.45) is 0 Å². The number of nitrogens with one attached hydrogen (secondary N) is 2. The van der Waals surface area contributed by atoms with Crippen LogP contribution >= 0.6 is 0 Å². The summed E-state index contributed by atoms with van der Waals surface area (Å²) in [4.78, 5) is 19.5. The van der Waals surface area contributed by atoms with Gasteiger partial charge in [0, 0.05) is 27.2 Å². The summed E-state index contributed by atoms with van der Waals surface area (Å²) < 4.78 is 5.54. The van der Waals surface area contributed by atoms with E-state index in [1.807, 2.05) is 49.4 Å². The second kappa shape index (κ2) is 6.27. The minimum Gasteiger partial charge on any atom is -0.456 e. The lowest BCUT2D eigenvalue weighted by Crippen LogP contribution is -2.07. The maximum Gasteiger partial charge on any atom is 0.355 e. The number of ether oxygens (including phenoxy) is 1. The highest BCUT2D eigenvalue weighted by atomic mass is 16.5. The van der Waals surface area contributed by atoms with E-state index < -0.39 is 0 Å². The topological polar surface area (TPSA) is 57.9 Å². The van der Waals surface area contributed by atoms with Crippen LogP contribution in [0.1, 0.15) is 27.2 Å². The second-order valence-corrected chi connectivity index (χ2v) is 7.20. The molecule has 2 heterocycles. The number of esters is 1. The minimum absolute atomic E-state index is 0.263. The van der Waals surface area contributed by atoms with E-state index in [1.165, 1.54) is 5.39 Å². The number of fused-ring (bicyclic) bond motifs is 4. The van der Waals surface area contributed by atoms with Gasteiger partial charge in [0.2, 0.25) is 0 Å². The second-order valence-electron chi connectivity index (χ2n) is 7.20. The fraction of sp³-hybridized carbons (Fsp3) is 0.125. The molecule has 2 aromatic heterocycles. The first-order valence-corrected chi connectivity index (χ1v) is 9.37. The molecule has 2 N–H and O–H groups in total. The highest BCUT2D eigenvalue weighted by molar-refractivity contribution is 6.14. The van der Waals surface area contributed by atoms with E-state index in [0.717, 1.165) is 44.0 Å². The molecule has 4 heteroatoms. The molecule has 0 atom stereocenters. The van der Waals surface area contributed by atoms with Gasteiger partial charge in [0.25, 0.3) is 0 Å². The van der Waals surface area contributed by atoms with Gasteiger partial charge in [-0.15, -0.1) is 0 Å². The van der Waals surface area contributed by atoms with Crippen LogP contribution in [-0.2, 0) is 11.3 Å². The van der Waals surface area contributed by atoms with Gasteiger partial charge in [-0.2, -0.15) is 0 Å². The van der Waals surface area contributed by atoms with Crippen LogP contribution in [0.5, 0.6) is 0 Å². The number of aromatic amines is 2. The summed E-state index contributed by atoms with van der Waals surface area (Å²) in [5.74, 6) is -0.328. The number of H-pyrrole nitrogens is 2. The average molecular weight is 368 g/mol. The Morgan fingerprint density at radius 1 is 0.857 bits per heavy atom. The fourth-order valence-electron chi connectivity index (χ4n) is 4.09. The van der Waals surface area contributed by atoms with Gasteiger partial charge >= 0.3 is 5.97 Å². The number of rotatable bonds is 3. The smallest absolute Gasteiger partial charge is 0.355 e. The summed E-state index contributed by atoms with van der Waals surface area (Å²) >= 11 is 0. The lowest BCUT2D eigenvalue weighted by Gasteiger charge is -2.04. The first kappa shape index (κ1) is 16.6. The van der Waals surface area contributed by atoms with Crippen molar-refractivity contribution in [2.75, 3.05) is 0 Å². The van der Waals surface area contributed by atoms with E-state index in [4.69, 9.17) is 4.74 Å². The molecule has 0 unspecified atom stereocenters. The first-order valence-electron chi connectivity index (χ1n) is 9.37. The third-order valence-electron chi connectivity index (χ3n) is 5.48. The highest BCUT2D eigenvalue weighted by Crippen LogP contribution is 2.35. The van der Waals surface area contributed by atoms with Crippen molar-refractivity contribution in [3.63, 3.8) is 0 Å². The monoisotopic (exact) mass is 368 g/mol. The minimum atomic E-state index is -0.328. The van der Waals surface area contributed by atoms with Crippen molar-refractivity contribution in [3.8, 4) is 0 Å². The van der Waals surface area contributed by atoms with Crippen LogP contribution in [0.2, 0.25) is 0 Å². The number of aryl methyl sites for hydroxylation is 2. The van der Waals surface area contributed by atoms with E-state index in [9.17, 15) is 4.79 Å². The Morgan fingerprint density at radius 2 is 1.61 bits per heavy atom. The average Bonchev–Trinajstić information content (AvgIpc) is 3.26. The molecule has 0 radical (unpaired) electrons. The predicted octanol–water partition coefficient (Wildman–Crippen LogP) is 5.78. The van der Waals surface area contributed by atoms with Gasteiger partial charge in [-0.25, -0.2) is 4.79 Å². The molecular weight excluding hydrogens is 348 g/mol. The molecule has 5 rings (SSSR count). The van der Waals surface area contributed by atoms with Gasteiger partial charge in [-0.1, -0.05) is 48.5 Å². The molecule has 5 aromatic rings. The lowest BCUT2D eigenvalue weighted by atomic mass is 10.0. The molecule has 0 spiro atoms. The van der Waals surface area contributed by atoms with Crippen molar-refractivity contribution in [1.82, 2.24) is 9.97 Å². The van der Waals surface area contributed by atoms with Crippen LogP contribution in [0.3, 0.4) is 0 Å². The number of hydrogen-bond donors (Lipinski definition) is 2. The molecular formula is C24H20N2O2. The van der Waals surface area contributed by atoms with Crippen LogP contribution in [0.4, 0.5) is 0 Å². The summed E-state index contributed by atoms with van der Waals surface area (Å²) in [5, 5.41) is 3.42. The predicted molar refractivity (Wildman–Crippen MR) is 113 cm³/mol. The highest BCUT2D eigenvalue weighted by Gasteiger charge is 2.20. The third kappa shape index (κ3) is 2.49. The zero-order valence-electron chi connectivity index (χ0n) is 15.8. The number of aromatic nitrogens is 2. The first-order chi connectivity index (χ1) is 13.6. The number of carbonyl (C=O) groups excluding carboxylic acids is 1. The number of para-hydroxylation sites is 1. The van der Waals surface area contributed by atoms with Crippen LogP contribution in [0, 0.1) is 13.8 Å². The van der Waals surface area contributed by atoms with Crippen molar-refractivity contribution in [2.45, 2.75) is 20.5 Å². The summed E-state index contributed by atoms with van der Waals surface area (Å²) in [6.07, 6.45) is 0. The summed E-state index contributed by atoms with van der Waals surface area (Å²) in [6, 6.07) is 20.1. The summed E-state index contributed by atoms with van der Waals surface area (Å²) in [7, 11) is 0. The maximum absolute atomic E-state index is 12.7. The van der Waals surface area contributed by atoms with E-state index in [1.54, 1.807) is 0 Å². The van der Waals surface area contributed by atoms with Gasteiger partial charge in [0.15, 0.2) is 0 Å². The maximum atomic E-state index is 12.7. The number of carbonyl (C=O) groups is 1. The van der Waals surface area contributed by atoms with Crippen molar-refractivity contribution >= 4 is 38.7 Å². The standard InChI is InChI=1S/C24H20N2O2/c1-14-21-15(2)23(24(27)28-13-16-8-4-3-5-9-16)26-20(21)12-18-17-10-6-7-11-19(17)25-22(14)18/h3-12,25-26H,13H2,1-2H3. The van der Waals surface area contributed by atoms with E-state index in [0.29, 0.717) is 5.69 Å². The molecule has 4 nitrogen and oxygen atoms in total. The van der Waals surface area contributed by atoms with Crippen LogP contribution in [0.25, 0.3) is 32.7 Å². The van der Waals surface area contributed by atoms with Gasteiger partial charge in [-0.05, 0) is 42.7 Å². The third-order valence-corrected chi connectivity index (χ3v) is 5.48. The van der Waals surface area contributed by atoms with Crippen molar-refractivity contribution in [1.29, 1.82) is 0 Å². The Hall–Kier alpha value is -3.53. The Kier molecular flexibility index (Phi) is 3.72. The Balaban J connectivity index is 1.59. The Bertz CT molecular complexity index is 1340. The molecule has 138 valence electrons. The molecule has 3 aromatic carbocycles. The number of hydrogen-bond acceptors (Lipinski definition) is 2. The van der Waals surface area contributed by atoms with Crippen molar-refractivity contribution in [3.05, 3.63) is 83.0 Å². The normalized spacial score (nSPS) is 11.5. The summed E-state index contributed by atoms with van der Waals surface area (Å²) in [6.45, 7) is 4.33. The molecule has 0 aliphatic rings. The zero-order chi connectivity index (χ0) is 19.3. The van der Waals surface area contributed by atoms with Gasteiger partial charge in [0.05, 0.1) is 5.52 Å². The largest absolute Gasteiger partial charge is 0.456 e. The van der Waals surface area contributed by atoms with E-state index >= 15 is 0 Å². The zero-order valence-corrected chi connectivity index (χ0v) is 15.8. The molecule has 28 heavy (non-hydrogen) atoms. The van der Waals surface area contributed by atoms with Gasteiger partial charge < -0.3 is 14.7 Å². The van der Waals surface area contributed by atoms with Gasteiger partial charge in [0.1, 0.15) is 12.3 Å². The van der Waals surface area contributed by atoms with Crippen LogP contribution < -0.4 is 0 Å². The molecule has 0 amide bonds. The molecule has 0 saturated heterocycles. The summed E-state index contributed by atoms with van der Waals surface area (Å²) in [5.41, 5.74) is 6.74. The number of benzene rings is 3. The molecule has 0 saturated carbocycles. The van der Waals surface area contributed by atoms with Crippen molar-refractivity contribution < 1.29 is 9.53 Å².